The van der Waals surface area contributed by atoms with Gasteiger partial charge in [-0.05, 0) is 6.07 Å². The number of nitrogens with zero attached hydrogens (tertiary/aromatic N) is 1. The van der Waals surface area contributed by atoms with Gasteiger partial charge in [0.05, 0.1) is 35.1 Å². The molecule has 1 aliphatic rings. The maximum Gasteiger partial charge on any atom is 0.237 e. The zero-order chi connectivity index (χ0) is 19.7. The molecule has 3 aromatic rings. The first-order valence-corrected chi connectivity index (χ1v) is 9.56. The third-order valence-corrected chi connectivity index (χ3v) is 5.79. The molecule has 1 aliphatic heterocycles. The first-order valence-electron chi connectivity index (χ1n) is 8.80. The summed E-state index contributed by atoms with van der Waals surface area (Å²) in [5.41, 5.74) is 0.361. The van der Waals surface area contributed by atoms with E-state index in [1.807, 2.05) is 24.3 Å². The van der Waals surface area contributed by atoms with E-state index >= 15 is 0 Å². The maximum absolute atomic E-state index is 13.5. The Hall–Kier alpha value is -2.34. The van der Waals surface area contributed by atoms with Crippen LogP contribution in [0.15, 0.2) is 48.8 Å². The second-order valence-electron chi connectivity index (χ2n) is 6.74. The predicted molar refractivity (Wildman–Crippen MR) is 111 cm³/mol. The van der Waals surface area contributed by atoms with Gasteiger partial charge in [-0.2, -0.15) is 0 Å². The molecule has 1 unspecified atom stereocenters. The van der Waals surface area contributed by atoms with Gasteiger partial charge >= 0.3 is 0 Å². The molecule has 0 spiro atoms. The van der Waals surface area contributed by atoms with Crippen molar-refractivity contribution in [1.82, 2.24) is 4.98 Å². The van der Waals surface area contributed by atoms with E-state index in [0.29, 0.717) is 40.1 Å². The molecule has 0 radical (unpaired) electrons. The molecule has 2 heterocycles. The second kappa shape index (κ2) is 7.59. The van der Waals surface area contributed by atoms with Crippen molar-refractivity contribution in [2.24, 2.45) is 0 Å². The molecule has 0 aliphatic carbocycles. The quantitative estimate of drug-likeness (QED) is 0.660. The normalized spacial score (nSPS) is 18.4. The molecule has 144 valence electrons. The summed E-state index contributed by atoms with van der Waals surface area (Å²) in [6, 6.07) is 11.1. The van der Waals surface area contributed by atoms with Crippen molar-refractivity contribution in [3.05, 3.63) is 64.4 Å². The van der Waals surface area contributed by atoms with Gasteiger partial charge in [-0.1, -0.05) is 47.5 Å². The summed E-state index contributed by atoms with van der Waals surface area (Å²) in [6.45, 7) is 0.556. The molecule has 28 heavy (non-hydrogen) atoms. The van der Waals surface area contributed by atoms with Gasteiger partial charge in [0.2, 0.25) is 5.91 Å². The Balaban J connectivity index is 1.79. The van der Waals surface area contributed by atoms with Crippen LogP contribution in [0.1, 0.15) is 12.0 Å². The number of halogens is 2. The minimum Gasteiger partial charge on any atom is -0.493 e. The standard InChI is InChI=1S/C21H18Cl2N2O3/c1-27-12-21(6-7-28-19-9-17(23)16(22)8-15(19)21)20(26)25-18-11-24-10-13-4-2-3-5-14(13)18/h2-5,8-11H,6-7,12H2,1H3,(H,25,26). The molecule has 0 saturated carbocycles. The van der Waals surface area contributed by atoms with Crippen molar-refractivity contribution in [2.75, 3.05) is 25.6 Å². The minimum atomic E-state index is -0.951. The number of anilines is 1. The number of aromatic nitrogens is 1. The summed E-state index contributed by atoms with van der Waals surface area (Å²) in [4.78, 5) is 17.8. The summed E-state index contributed by atoms with van der Waals surface area (Å²) >= 11 is 12.4. The highest BCUT2D eigenvalue weighted by Gasteiger charge is 2.45. The summed E-state index contributed by atoms with van der Waals surface area (Å²) < 4.78 is 11.2. The van der Waals surface area contributed by atoms with Crippen LogP contribution >= 0.6 is 23.2 Å². The van der Waals surface area contributed by atoms with E-state index in [0.717, 1.165) is 10.8 Å². The Kier molecular flexibility index (Phi) is 5.15. The zero-order valence-corrected chi connectivity index (χ0v) is 16.7. The highest BCUT2D eigenvalue weighted by molar-refractivity contribution is 6.42. The molecule has 1 amide bonds. The highest BCUT2D eigenvalue weighted by atomic mass is 35.5. The molecule has 2 aromatic carbocycles. The fourth-order valence-electron chi connectivity index (χ4n) is 3.65. The summed E-state index contributed by atoms with van der Waals surface area (Å²) in [6.07, 6.45) is 3.87. The molecule has 1 atom stereocenters. The van der Waals surface area contributed by atoms with Gasteiger partial charge in [0.1, 0.15) is 11.2 Å². The summed E-state index contributed by atoms with van der Waals surface area (Å²) in [5, 5.41) is 5.65. The molecule has 1 aromatic heterocycles. The Morgan fingerprint density at radius 3 is 2.86 bits per heavy atom. The lowest BCUT2D eigenvalue weighted by molar-refractivity contribution is -0.124. The van der Waals surface area contributed by atoms with E-state index in [1.54, 1.807) is 31.6 Å². The number of carbonyl (C=O) groups excluding carboxylic acids is 1. The number of hydrogen-bond acceptors (Lipinski definition) is 4. The number of hydrogen-bond donors (Lipinski definition) is 1. The van der Waals surface area contributed by atoms with Crippen molar-refractivity contribution in [2.45, 2.75) is 11.8 Å². The van der Waals surface area contributed by atoms with Crippen LogP contribution in [-0.4, -0.2) is 31.2 Å². The Morgan fingerprint density at radius 1 is 1.25 bits per heavy atom. The van der Waals surface area contributed by atoms with Crippen LogP contribution in [0, 0.1) is 0 Å². The van der Waals surface area contributed by atoms with E-state index in [9.17, 15) is 4.79 Å². The molecular weight excluding hydrogens is 399 g/mol. The van der Waals surface area contributed by atoms with E-state index < -0.39 is 5.41 Å². The lowest BCUT2D eigenvalue weighted by Crippen LogP contribution is -2.47. The number of methoxy groups -OCH3 is 1. The van der Waals surface area contributed by atoms with Gasteiger partial charge in [-0.3, -0.25) is 9.78 Å². The molecule has 0 saturated heterocycles. The van der Waals surface area contributed by atoms with Gasteiger partial charge in [0.15, 0.2) is 0 Å². The molecular formula is C21H18Cl2N2O3. The van der Waals surface area contributed by atoms with E-state index in [4.69, 9.17) is 32.7 Å². The molecule has 0 fully saturated rings. The third kappa shape index (κ3) is 3.20. The third-order valence-electron chi connectivity index (χ3n) is 5.07. The fourth-order valence-corrected chi connectivity index (χ4v) is 3.96. The van der Waals surface area contributed by atoms with Crippen molar-refractivity contribution in [3.8, 4) is 5.75 Å². The van der Waals surface area contributed by atoms with Crippen molar-refractivity contribution in [1.29, 1.82) is 0 Å². The average molecular weight is 417 g/mol. The monoisotopic (exact) mass is 416 g/mol. The number of rotatable bonds is 4. The molecule has 0 bridgehead atoms. The Morgan fingerprint density at radius 2 is 2.04 bits per heavy atom. The van der Waals surface area contributed by atoms with E-state index in [1.165, 1.54) is 0 Å². The number of fused-ring (bicyclic) bond motifs is 2. The SMILES string of the molecule is COCC1(C(=O)Nc2cncc3ccccc23)CCOc2cc(Cl)c(Cl)cc21. The largest absolute Gasteiger partial charge is 0.493 e. The molecule has 5 nitrogen and oxygen atoms in total. The van der Waals surface area contributed by atoms with Crippen LogP contribution in [0.3, 0.4) is 0 Å². The molecule has 7 heteroatoms. The van der Waals surface area contributed by atoms with Crippen LogP contribution in [0.2, 0.25) is 10.0 Å². The fraction of sp³-hybridized carbons (Fsp3) is 0.238. The number of benzene rings is 2. The second-order valence-corrected chi connectivity index (χ2v) is 7.55. The summed E-state index contributed by atoms with van der Waals surface area (Å²) in [5.74, 6) is 0.347. The number of ether oxygens (including phenoxy) is 2. The van der Waals surface area contributed by atoms with Gasteiger partial charge in [0.25, 0.3) is 0 Å². The Labute approximate surface area is 172 Å². The zero-order valence-electron chi connectivity index (χ0n) is 15.2. The van der Waals surface area contributed by atoms with Crippen LogP contribution in [0.5, 0.6) is 5.75 Å². The Bertz CT molecular complexity index is 1050. The van der Waals surface area contributed by atoms with Crippen molar-refractivity contribution >= 4 is 45.6 Å². The van der Waals surface area contributed by atoms with Crippen molar-refractivity contribution in [3.63, 3.8) is 0 Å². The first-order chi connectivity index (χ1) is 13.5. The molecule has 1 N–H and O–H groups in total. The summed E-state index contributed by atoms with van der Waals surface area (Å²) in [7, 11) is 1.57. The lowest BCUT2D eigenvalue weighted by atomic mass is 9.75. The molecule has 4 rings (SSSR count). The van der Waals surface area contributed by atoms with E-state index in [2.05, 4.69) is 10.3 Å². The van der Waals surface area contributed by atoms with Gasteiger partial charge < -0.3 is 14.8 Å². The average Bonchev–Trinajstić information content (AvgIpc) is 2.70. The first kappa shape index (κ1) is 19.0. The number of nitrogens with one attached hydrogen (secondary N) is 1. The smallest absolute Gasteiger partial charge is 0.237 e. The highest BCUT2D eigenvalue weighted by Crippen LogP contribution is 2.44. The predicted octanol–water partition coefficient (Wildman–Crippen LogP) is 4.85. The van der Waals surface area contributed by atoms with Crippen LogP contribution in [0.25, 0.3) is 10.8 Å². The van der Waals surface area contributed by atoms with Crippen molar-refractivity contribution < 1.29 is 14.3 Å². The van der Waals surface area contributed by atoms with E-state index in [-0.39, 0.29) is 12.5 Å². The number of amides is 1. The number of pyridine rings is 1. The minimum absolute atomic E-state index is 0.186. The van der Waals surface area contributed by atoms with Gasteiger partial charge in [0, 0.05) is 42.1 Å². The number of carbonyl (C=O) groups is 1. The lowest BCUT2D eigenvalue weighted by Gasteiger charge is -2.37. The van der Waals surface area contributed by atoms with Gasteiger partial charge in [-0.15, -0.1) is 0 Å². The van der Waals surface area contributed by atoms with Crippen LogP contribution in [-0.2, 0) is 14.9 Å². The maximum atomic E-state index is 13.5. The topological polar surface area (TPSA) is 60.5 Å². The van der Waals surface area contributed by atoms with Crippen LogP contribution < -0.4 is 10.1 Å². The van der Waals surface area contributed by atoms with Crippen LogP contribution in [0.4, 0.5) is 5.69 Å². The van der Waals surface area contributed by atoms with Gasteiger partial charge in [-0.25, -0.2) is 0 Å².